The number of para-hydroxylation sites is 3. The summed E-state index contributed by atoms with van der Waals surface area (Å²) in [7, 11) is 0. The van der Waals surface area contributed by atoms with Gasteiger partial charge in [-0.1, -0.05) is 140 Å². The molecule has 286 valence electrons. The van der Waals surface area contributed by atoms with Crippen molar-refractivity contribution >= 4 is 81.1 Å². The molecular formula is C55H35N5S. The zero-order chi connectivity index (χ0) is 40.0. The summed E-state index contributed by atoms with van der Waals surface area (Å²) in [4.78, 5) is 16.6. The average molecular weight is 798 g/mol. The predicted molar refractivity (Wildman–Crippen MR) is 254 cm³/mol. The van der Waals surface area contributed by atoms with Crippen LogP contribution >= 0.6 is 11.3 Å². The van der Waals surface area contributed by atoms with Crippen molar-refractivity contribution in [3.8, 4) is 34.2 Å². The van der Waals surface area contributed by atoms with Crippen LogP contribution in [0.4, 0.5) is 0 Å². The molecule has 0 spiro atoms. The van der Waals surface area contributed by atoms with Gasteiger partial charge in [0.2, 0.25) is 0 Å². The van der Waals surface area contributed by atoms with Crippen molar-refractivity contribution < 1.29 is 0 Å². The molecule has 0 saturated heterocycles. The lowest BCUT2D eigenvalue weighted by atomic mass is 9.88. The van der Waals surface area contributed by atoms with Crippen LogP contribution in [-0.4, -0.2) is 24.1 Å². The van der Waals surface area contributed by atoms with Crippen LogP contribution in [0.3, 0.4) is 0 Å². The lowest BCUT2D eigenvalue weighted by Crippen LogP contribution is -2.13. The Morgan fingerprint density at radius 3 is 1.97 bits per heavy atom. The van der Waals surface area contributed by atoms with Crippen molar-refractivity contribution in [1.29, 1.82) is 0 Å². The van der Waals surface area contributed by atoms with Crippen molar-refractivity contribution in [3.05, 3.63) is 205 Å². The normalized spacial score (nSPS) is 13.9. The van der Waals surface area contributed by atoms with Crippen molar-refractivity contribution in [2.75, 3.05) is 0 Å². The van der Waals surface area contributed by atoms with Gasteiger partial charge in [-0.05, 0) is 77.4 Å². The topological polar surface area (TPSA) is 48.5 Å². The molecule has 13 rings (SSSR count). The van der Waals surface area contributed by atoms with E-state index in [4.69, 9.17) is 15.0 Å². The van der Waals surface area contributed by atoms with E-state index in [0.29, 0.717) is 11.6 Å². The number of hydrogen-bond acceptors (Lipinski definition) is 4. The van der Waals surface area contributed by atoms with Crippen molar-refractivity contribution in [2.45, 2.75) is 12.3 Å². The molecule has 0 N–H and O–H groups in total. The van der Waals surface area contributed by atoms with E-state index in [2.05, 4.69) is 197 Å². The van der Waals surface area contributed by atoms with Gasteiger partial charge in [0, 0.05) is 47.6 Å². The molecule has 0 radical (unpaired) electrons. The molecule has 5 nitrogen and oxygen atoms in total. The fraction of sp³-hybridized carbons (Fsp3) is 0.0364. The summed E-state index contributed by atoms with van der Waals surface area (Å²) in [6, 6.07) is 65.2. The van der Waals surface area contributed by atoms with Crippen LogP contribution in [-0.2, 0) is 0 Å². The molecule has 0 bridgehead atoms. The Morgan fingerprint density at radius 1 is 0.492 bits per heavy atom. The third-order valence-corrected chi connectivity index (χ3v) is 13.7. The number of fused-ring (bicyclic) bond motifs is 10. The van der Waals surface area contributed by atoms with Gasteiger partial charge in [-0.3, -0.25) is 0 Å². The summed E-state index contributed by atoms with van der Waals surface area (Å²) in [5.41, 5.74) is 10.0. The summed E-state index contributed by atoms with van der Waals surface area (Å²) in [6.07, 6.45) is 5.34. The minimum atomic E-state index is -0.108. The van der Waals surface area contributed by atoms with Gasteiger partial charge in [0.15, 0.2) is 11.6 Å². The van der Waals surface area contributed by atoms with E-state index in [9.17, 15) is 0 Å². The first-order chi connectivity index (χ1) is 30.3. The van der Waals surface area contributed by atoms with Crippen LogP contribution in [0.5, 0.6) is 0 Å². The molecule has 0 aliphatic heterocycles. The minimum absolute atomic E-state index is 0.108. The number of nitrogens with zero attached hydrogens (tertiary/aromatic N) is 5. The Bertz CT molecular complexity index is 3740. The van der Waals surface area contributed by atoms with E-state index in [0.717, 1.165) is 56.2 Å². The molecule has 12 aromatic rings. The van der Waals surface area contributed by atoms with E-state index < -0.39 is 0 Å². The third kappa shape index (κ3) is 5.22. The first kappa shape index (κ1) is 34.2. The Labute approximate surface area is 355 Å². The molecule has 1 aliphatic rings. The Kier molecular flexibility index (Phi) is 7.53. The highest BCUT2D eigenvalue weighted by atomic mass is 32.1. The molecule has 8 aromatic carbocycles. The second-order valence-electron chi connectivity index (χ2n) is 15.9. The smallest absolute Gasteiger partial charge is 0.167 e. The molecule has 61 heavy (non-hydrogen) atoms. The maximum absolute atomic E-state index is 5.67. The van der Waals surface area contributed by atoms with Gasteiger partial charge < -0.3 is 9.13 Å². The average Bonchev–Trinajstić information content (AvgIpc) is 3.98. The molecule has 1 unspecified atom stereocenters. The number of rotatable bonds is 5. The van der Waals surface area contributed by atoms with Crippen molar-refractivity contribution in [1.82, 2.24) is 24.1 Å². The van der Waals surface area contributed by atoms with Gasteiger partial charge in [-0.2, -0.15) is 0 Å². The van der Waals surface area contributed by atoms with Crippen LogP contribution in [0.2, 0.25) is 0 Å². The van der Waals surface area contributed by atoms with Gasteiger partial charge >= 0.3 is 0 Å². The summed E-state index contributed by atoms with van der Waals surface area (Å²) < 4.78 is 7.22. The number of hydrogen-bond donors (Lipinski definition) is 0. The zero-order valence-corrected chi connectivity index (χ0v) is 33.7. The quantitative estimate of drug-likeness (QED) is 0.174. The first-order valence-electron chi connectivity index (χ1n) is 20.8. The number of thiophene rings is 1. The van der Waals surface area contributed by atoms with Crippen LogP contribution in [0.25, 0.3) is 104 Å². The van der Waals surface area contributed by atoms with Crippen LogP contribution in [0, 0.1) is 0 Å². The van der Waals surface area contributed by atoms with E-state index in [1.54, 1.807) is 0 Å². The fourth-order valence-electron chi connectivity index (χ4n) is 9.81. The maximum atomic E-state index is 5.67. The van der Waals surface area contributed by atoms with E-state index in [1.807, 2.05) is 17.4 Å². The first-order valence-corrected chi connectivity index (χ1v) is 21.6. The van der Waals surface area contributed by atoms with Crippen LogP contribution in [0.1, 0.15) is 29.4 Å². The van der Waals surface area contributed by atoms with Crippen LogP contribution < -0.4 is 0 Å². The molecular weight excluding hydrogens is 763 g/mol. The Hall–Kier alpha value is -7.67. The number of allylic oxidation sites excluding steroid dienone is 1. The Morgan fingerprint density at radius 2 is 1.15 bits per heavy atom. The minimum Gasteiger partial charge on any atom is -0.310 e. The SMILES string of the molecule is C1=Cc2c(c3ccccc3n2-c2ccccc2)C(c2nc(-c3ccccc3)nc(-c3c(-n4c5ccccc5c5cc6ccccc6cc54)ccc4c3sc3ccccc34)n2)C1. The highest BCUT2D eigenvalue weighted by molar-refractivity contribution is 7.26. The van der Waals surface area contributed by atoms with E-state index in [1.165, 1.54) is 53.5 Å². The Balaban J connectivity index is 1.13. The molecule has 1 atom stereocenters. The summed E-state index contributed by atoms with van der Waals surface area (Å²) >= 11 is 1.81. The molecule has 0 saturated carbocycles. The van der Waals surface area contributed by atoms with Gasteiger partial charge in [0.25, 0.3) is 0 Å². The van der Waals surface area contributed by atoms with Crippen molar-refractivity contribution in [2.24, 2.45) is 0 Å². The van der Waals surface area contributed by atoms with Gasteiger partial charge in [0.1, 0.15) is 5.82 Å². The zero-order valence-electron chi connectivity index (χ0n) is 32.9. The molecule has 1 aliphatic carbocycles. The largest absolute Gasteiger partial charge is 0.310 e. The monoisotopic (exact) mass is 797 g/mol. The molecule has 4 aromatic heterocycles. The van der Waals surface area contributed by atoms with Crippen LogP contribution in [0.15, 0.2) is 188 Å². The second kappa shape index (κ2) is 13.4. The van der Waals surface area contributed by atoms with E-state index >= 15 is 0 Å². The summed E-state index contributed by atoms with van der Waals surface area (Å²) in [6.45, 7) is 0. The molecule has 6 heteroatoms. The lowest BCUT2D eigenvalue weighted by molar-refractivity contribution is 0.742. The highest BCUT2D eigenvalue weighted by Gasteiger charge is 2.31. The standard InChI is InChI=1S/C55H35N5S/c1-3-16-34(17-4-1)53-56-54(42-25-15-28-46-50(42)41-24-10-13-27-45(41)59(46)37-20-5-2-6-21-37)58-55(57-53)51-47(31-30-40-39-23-11-14-29-49(39)61-52(40)51)60-44-26-12-9-22-38(44)43-32-35-18-7-8-19-36(35)33-48(43)60/h1-24,26-33,42H,25H2. The highest BCUT2D eigenvalue weighted by Crippen LogP contribution is 2.47. The second-order valence-corrected chi connectivity index (χ2v) is 16.9. The molecule has 4 heterocycles. The summed E-state index contributed by atoms with van der Waals surface area (Å²) in [5, 5.41) is 8.50. The number of aromatic nitrogens is 5. The van der Waals surface area contributed by atoms with Crippen molar-refractivity contribution in [3.63, 3.8) is 0 Å². The third-order valence-electron chi connectivity index (χ3n) is 12.5. The fourth-order valence-corrected chi connectivity index (χ4v) is 11.1. The van der Waals surface area contributed by atoms with Gasteiger partial charge in [-0.25, -0.2) is 15.0 Å². The lowest BCUT2D eigenvalue weighted by Gasteiger charge is -2.21. The molecule has 0 fully saturated rings. The number of benzene rings is 8. The van der Waals surface area contributed by atoms with Gasteiger partial charge in [0.05, 0.1) is 39.4 Å². The summed E-state index contributed by atoms with van der Waals surface area (Å²) in [5.74, 6) is 2.00. The molecule has 0 amide bonds. The maximum Gasteiger partial charge on any atom is 0.167 e. The van der Waals surface area contributed by atoms with E-state index in [-0.39, 0.29) is 5.92 Å². The van der Waals surface area contributed by atoms with Gasteiger partial charge in [-0.15, -0.1) is 11.3 Å². The predicted octanol–water partition coefficient (Wildman–Crippen LogP) is 14.3.